The lowest BCUT2D eigenvalue weighted by molar-refractivity contribution is 0.710. The van der Waals surface area contributed by atoms with Crippen LogP contribution in [0.5, 0.6) is 0 Å². The highest BCUT2D eigenvalue weighted by Gasteiger charge is 2.12. The molecule has 0 aliphatic carbocycles. The third-order valence-electron chi connectivity index (χ3n) is 2.95. The standard InChI is InChI=1S/C12H16ClN/c1-2-10-11-6-8-14-7-5-9(11)3-4-12(10)13/h3-4,14H,2,5-8H2,1H3. The Labute approximate surface area is 90.5 Å². The average molecular weight is 210 g/mol. The summed E-state index contributed by atoms with van der Waals surface area (Å²) in [6.45, 7) is 4.36. The van der Waals surface area contributed by atoms with Crippen LogP contribution in [0, 0.1) is 0 Å². The molecule has 1 aromatic carbocycles. The first-order chi connectivity index (χ1) is 6.83. The molecule has 0 bridgehead atoms. The maximum Gasteiger partial charge on any atom is 0.0440 e. The number of hydrogen-bond donors (Lipinski definition) is 1. The first kappa shape index (κ1) is 10.0. The van der Waals surface area contributed by atoms with Crippen molar-refractivity contribution in [1.29, 1.82) is 0 Å². The summed E-state index contributed by atoms with van der Waals surface area (Å²) in [7, 11) is 0. The molecule has 0 amide bonds. The number of halogens is 1. The summed E-state index contributed by atoms with van der Waals surface area (Å²) in [6, 6.07) is 4.23. The van der Waals surface area contributed by atoms with E-state index >= 15 is 0 Å². The van der Waals surface area contributed by atoms with Gasteiger partial charge in [0.2, 0.25) is 0 Å². The Bertz CT molecular complexity index is 333. The fourth-order valence-electron chi connectivity index (χ4n) is 2.20. The molecule has 1 heterocycles. The van der Waals surface area contributed by atoms with Crippen LogP contribution in [-0.4, -0.2) is 13.1 Å². The van der Waals surface area contributed by atoms with Gasteiger partial charge in [0.05, 0.1) is 0 Å². The van der Waals surface area contributed by atoms with Crippen molar-refractivity contribution >= 4 is 11.6 Å². The van der Waals surface area contributed by atoms with Gasteiger partial charge >= 0.3 is 0 Å². The molecule has 1 nitrogen and oxygen atoms in total. The first-order valence-electron chi connectivity index (χ1n) is 5.32. The van der Waals surface area contributed by atoms with E-state index in [9.17, 15) is 0 Å². The third-order valence-corrected chi connectivity index (χ3v) is 3.30. The van der Waals surface area contributed by atoms with Gasteiger partial charge < -0.3 is 5.32 Å². The van der Waals surface area contributed by atoms with Gasteiger partial charge in [-0.15, -0.1) is 0 Å². The average Bonchev–Trinajstić information content (AvgIpc) is 2.42. The Morgan fingerprint density at radius 3 is 2.86 bits per heavy atom. The molecule has 1 aliphatic rings. The second kappa shape index (κ2) is 4.33. The molecule has 0 atom stereocenters. The van der Waals surface area contributed by atoms with Crippen molar-refractivity contribution in [2.45, 2.75) is 26.2 Å². The summed E-state index contributed by atoms with van der Waals surface area (Å²) >= 11 is 6.19. The summed E-state index contributed by atoms with van der Waals surface area (Å²) in [6.07, 6.45) is 3.31. The zero-order chi connectivity index (χ0) is 9.97. The minimum absolute atomic E-state index is 0.938. The summed E-state index contributed by atoms with van der Waals surface area (Å²) in [5.74, 6) is 0. The van der Waals surface area contributed by atoms with E-state index in [4.69, 9.17) is 11.6 Å². The van der Waals surface area contributed by atoms with Crippen LogP contribution in [-0.2, 0) is 19.3 Å². The van der Waals surface area contributed by atoms with E-state index in [0.717, 1.165) is 37.4 Å². The van der Waals surface area contributed by atoms with Gasteiger partial charge in [0.15, 0.2) is 0 Å². The highest BCUT2D eigenvalue weighted by Crippen LogP contribution is 2.25. The number of rotatable bonds is 1. The molecular formula is C12H16ClN. The van der Waals surface area contributed by atoms with E-state index in [1.54, 1.807) is 0 Å². The van der Waals surface area contributed by atoms with Crippen LogP contribution in [0.15, 0.2) is 12.1 Å². The lowest BCUT2D eigenvalue weighted by Crippen LogP contribution is -2.16. The fourth-order valence-corrected chi connectivity index (χ4v) is 2.51. The van der Waals surface area contributed by atoms with Crippen LogP contribution in [0.4, 0.5) is 0 Å². The minimum Gasteiger partial charge on any atom is -0.316 e. The van der Waals surface area contributed by atoms with E-state index in [0.29, 0.717) is 0 Å². The Kier molecular flexibility index (Phi) is 3.09. The molecule has 0 aromatic heterocycles. The van der Waals surface area contributed by atoms with Gasteiger partial charge in [0.25, 0.3) is 0 Å². The minimum atomic E-state index is 0.938. The molecule has 0 fully saturated rings. The quantitative estimate of drug-likeness (QED) is 0.750. The lowest BCUT2D eigenvalue weighted by atomic mass is 9.96. The Morgan fingerprint density at radius 2 is 2.07 bits per heavy atom. The van der Waals surface area contributed by atoms with Crippen molar-refractivity contribution in [1.82, 2.24) is 5.32 Å². The van der Waals surface area contributed by atoms with E-state index in [2.05, 4.69) is 18.3 Å². The Balaban J connectivity index is 2.48. The molecule has 1 N–H and O–H groups in total. The van der Waals surface area contributed by atoms with Gasteiger partial charge in [-0.2, -0.15) is 0 Å². The molecule has 0 radical (unpaired) electrons. The van der Waals surface area contributed by atoms with Crippen LogP contribution >= 0.6 is 11.6 Å². The second-order valence-corrected chi connectivity index (χ2v) is 4.17. The highest BCUT2D eigenvalue weighted by atomic mass is 35.5. The van der Waals surface area contributed by atoms with Gasteiger partial charge in [-0.1, -0.05) is 24.6 Å². The Hall–Kier alpha value is -0.530. The number of fused-ring (bicyclic) bond motifs is 1. The molecule has 2 heteroatoms. The van der Waals surface area contributed by atoms with Crippen LogP contribution in [0.2, 0.25) is 5.02 Å². The van der Waals surface area contributed by atoms with Crippen molar-refractivity contribution in [3.63, 3.8) is 0 Å². The van der Waals surface area contributed by atoms with Crippen LogP contribution in [0.3, 0.4) is 0 Å². The zero-order valence-corrected chi connectivity index (χ0v) is 9.32. The number of hydrogen-bond acceptors (Lipinski definition) is 1. The van der Waals surface area contributed by atoms with Crippen molar-refractivity contribution in [2.75, 3.05) is 13.1 Å². The summed E-state index contributed by atoms with van der Waals surface area (Å²) in [5.41, 5.74) is 4.33. The molecule has 0 spiro atoms. The molecule has 1 aromatic rings. The molecule has 0 unspecified atom stereocenters. The first-order valence-corrected chi connectivity index (χ1v) is 5.70. The molecular weight excluding hydrogens is 194 g/mol. The van der Waals surface area contributed by atoms with E-state index < -0.39 is 0 Å². The van der Waals surface area contributed by atoms with E-state index in [1.165, 1.54) is 16.7 Å². The predicted molar refractivity (Wildman–Crippen MR) is 61.1 cm³/mol. The SMILES string of the molecule is CCc1c(Cl)ccc2c1CCNCC2. The highest BCUT2D eigenvalue weighted by molar-refractivity contribution is 6.31. The molecule has 2 rings (SSSR count). The third kappa shape index (κ3) is 1.79. The summed E-state index contributed by atoms with van der Waals surface area (Å²) < 4.78 is 0. The maximum atomic E-state index is 6.19. The van der Waals surface area contributed by atoms with E-state index in [-0.39, 0.29) is 0 Å². The topological polar surface area (TPSA) is 12.0 Å². The van der Waals surface area contributed by atoms with Crippen LogP contribution in [0.25, 0.3) is 0 Å². The van der Waals surface area contributed by atoms with Crippen molar-refractivity contribution < 1.29 is 0 Å². The zero-order valence-electron chi connectivity index (χ0n) is 8.57. The maximum absolute atomic E-state index is 6.19. The van der Waals surface area contributed by atoms with Crippen molar-refractivity contribution in [3.05, 3.63) is 33.8 Å². The summed E-state index contributed by atoms with van der Waals surface area (Å²) in [5, 5.41) is 4.36. The van der Waals surface area contributed by atoms with Gasteiger partial charge in [0.1, 0.15) is 0 Å². The van der Waals surface area contributed by atoms with E-state index in [1.807, 2.05) is 6.07 Å². The largest absolute Gasteiger partial charge is 0.316 e. The number of nitrogens with one attached hydrogen (secondary N) is 1. The van der Waals surface area contributed by atoms with Gasteiger partial charge in [-0.3, -0.25) is 0 Å². The lowest BCUT2D eigenvalue weighted by Gasteiger charge is -2.12. The normalized spacial score (nSPS) is 16.1. The molecule has 1 aliphatic heterocycles. The molecule has 76 valence electrons. The Morgan fingerprint density at radius 1 is 1.29 bits per heavy atom. The van der Waals surface area contributed by atoms with Crippen molar-refractivity contribution in [2.24, 2.45) is 0 Å². The second-order valence-electron chi connectivity index (χ2n) is 3.77. The molecule has 0 saturated carbocycles. The number of benzene rings is 1. The van der Waals surface area contributed by atoms with Gasteiger partial charge in [0, 0.05) is 5.02 Å². The summed E-state index contributed by atoms with van der Waals surface area (Å²) in [4.78, 5) is 0. The monoisotopic (exact) mass is 209 g/mol. The fraction of sp³-hybridized carbons (Fsp3) is 0.500. The molecule has 14 heavy (non-hydrogen) atoms. The smallest absolute Gasteiger partial charge is 0.0440 e. The van der Waals surface area contributed by atoms with Gasteiger partial charge in [-0.25, -0.2) is 0 Å². The predicted octanol–water partition coefficient (Wildman–Crippen LogP) is 2.59. The van der Waals surface area contributed by atoms with Crippen LogP contribution in [0.1, 0.15) is 23.6 Å². The van der Waals surface area contributed by atoms with Gasteiger partial charge in [-0.05, 0) is 55.1 Å². The van der Waals surface area contributed by atoms with Crippen LogP contribution < -0.4 is 5.32 Å². The van der Waals surface area contributed by atoms with Crippen molar-refractivity contribution in [3.8, 4) is 0 Å². The molecule has 0 saturated heterocycles.